The van der Waals surface area contributed by atoms with E-state index in [0.717, 1.165) is 15.8 Å². The van der Waals surface area contributed by atoms with Crippen molar-refractivity contribution in [2.75, 3.05) is 6.79 Å². The molecule has 0 saturated carbocycles. The first-order chi connectivity index (χ1) is 12.2. The molecule has 0 unspecified atom stereocenters. The molecule has 1 aliphatic heterocycles. The van der Waals surface area contributed by atoms with Crippen LogP contribution in [0.3, 0.4) is 0 Å². The fourth-order valence-corrected chi connectivity index (χ4v) is 2.82. The van der Waals surface area contributed by atoms with Gasteiger partial charge in [-0.1, -0.05) is 6.07 Å². The van der Waals surface area contributed by atoms with Crippen molar-refractivity contribution < 1.29 is 18.7 Å². The Labute approximate surface area is 151 Å². The number of carbonyl (C=O) groups is 1. The number of hydrogen-bond acceptors (Lipinski definition) is 5. The maximum atomic E-state index is 12.2. The molecule has 1 N–H and O–H groups in total. The highest BCUT2D eigenvalue weighted by atomic mass is 79.9. The van der Waals surface area contributed by atoms with Gasteiger partial charge in [-0.25, -0.2) is 0 Å². The minimum Gasteiger partial charge on any atom is -0.454 e. The minimum absolute atomic E-state index is 0.229. The lowest BCUT2D eigenvalue weighted by Gasteiger charge is -2.05. The van der Waals surface area contributed by atoms with Crippen molar-refractivity contribution in [2.45, 2.75) is 13.1 Å². The van der Waals surface area contributed by atoms with E-state index in [2.05, 4.69) is 26.3 Å². The molecule has 1 aromatic carbocycles. The monoisotopic (exact) mass is 403 g/mol. The summed E-state index contributed by atoms with van der Waals surface area (Å²) in [5.41, 5.74) is 0.922. The molecule has 0 bridgehead atoms. The fourth-order valence-electron chi connectivity index (χ4n) is 2.49. The van der Waals surface area contributed by atoms with Crippen molar-refractivity contribution in [3.63, 3.8) is 0 Å². The zero-order valence-corrected chi connectivity index (χ0v) is 14.7. The van der Waals surface area contributed by atoms with Gasteiger partial charge in [0, 0.05) is 12.7 Å². The van der Waals surface area contributed by atoms with Crippen LogP contribution in [0.5, 0.6) is 11.5 Å². The van der Waals surface area contributed by atoms with Gasteiger partial charge in [-0.05, 0) is 45.8 Å². The number of aromatic nitrogens is 2. The number of benzene rings is 1. The van der Waals surface area contributed by atoms with E-state index < -0.39 is 0 Å². The summed E-state index contributed by atoms with van der Waals surface area (Å²) in [6.45, 7) is 1.06. The first-order valence-corrected chi connectivity index (χ1v) is 8.40. The Morgan fingerprint density at radius 1 is 1.24 bits per heavy atom. The van der Waals surface area contributed by atoms with Crippen LogP contribution in [0.1, 0.15) is 21.9 Å². The summed E-state index contributed by atoms with van der Waals surface area (Å²) in [4.78, 5) is 12.2. The molecule has 128 valence electrons. The summed E-state index contributed by atoms with van der Waals surface area (Å²) < 4.78 is 18.8. The van der Waals surface area contributed by atoms with Crippen LogP contribution in [-0.4, -0.2) is 22.5 Å². The Hall–Kier alpha value is -2.74. The second kappa shape index (κ2) is 6.64. The quantitative estimate of drug-likeness (QED) is 0.708. The molecule has 8 heteroatoms. The highest BCUT2D eigenvalue weighted by Crippen LogP contribution is 2.32. The third-order valence-corrected chi connectivity index (χ3v) is 4.10. The molecule has 7 nitrogen and oxygen atoms in total. The summed E-state index contributed by atoms with van der Waals surface area (Å²) in [5.74, 6) is 2.06. The number of carbonyl (C=O) groups excluding carboxylic acids is 1. The summed E-state index contributed by atoms with van der Waals surface area (Å²) in [5, 5.41) is 6.99. The van der Waals surface area contributed by atoms with Gasteiger partial charge in [0.25, 0.3) is 5.91 Å². The maximum Gasteiger partial charge on any atom is 0.287 e. The lowest BCUT2D eigenvalue weighted by atomic mass is 10.2. The van der Waals surface area contributed by atoms with Crippen LogP contribution < -0.4 is 14.8 Å². The van der Waals surface area contributed by atoms with Gasteiger partial charge in [0.1, 0.15) is 5.76 Å². The molecule has 3 aromatic rings. The number of amides is 1. The number of furan rings is 1. The fraction of sp³-hybridized carbons (Fsp3) is 0.176. The molecule has 1 amide bonds. The molecule has 0 spiro atoms. The van der Waals surface area contributed by atoms with Crippen molar-refractivity contribution >= 4 is 21.8 Å². The number of ether oxygens (including phenoxy) is 2. The summed E-state index contributed by atoms with van der Waals surface area (Å²) in [7, 11) is 0. The zero-order valence-electron chi connectivity index (χ0n) is 13.1. The van der Waals surface area contributed by atoms with Crippen molar-refractivity contribution in [1.29, 1.82) is 0 Å². The smallest absolute Gasteiger partial charge is 0.287 e. The van der Waals surface area contributed by atoms with E-state index in [9.17, 15) is 4.79 Å². The second-order valence-electron chi connectivity index (χ2n) is 5.49. The summed E-state index contributed by atoms with van der Waals surface area (Å²) >= 11 is 3.34. The maximum absolute atomic E-state index is 12.2. The Morgan fingerprint density at radius 2 is 2.12 bits per heavy atom. The van der Waals surface area contributed by atoms with E-state index >= 15 is 0 Å². The standard InChI is InChI=1S/C17H14BrN3O4/c18-12-7-20-21(8-12)9-13-2-4-15(25-13)17(22)19-6-11-1-3-14-16(5-11)24-10-23-14/h1-5,7-8H,6,9-10H2,(H,19,22). The van der Waals surface area contributed by atoms with Crippen LogP contribution in [-0.2, 0) is 13.1 Å². The van der Waals surface area contributed by atoms with Gasteiger partial charge in [0.15, 0.2) is 17.3 Å². The molecule has 3 heterocycles. The van der Waals surface area contributed by atoms with Gasteiger partial charge in [-0.15, -0.1) is 0 Å². The summed E-state index contributed by atoms with van der Waals surface area (Å²) in [6, 6.07) is 8.99. The van der Waals surface area contributed by atoms with Crippen LogP contribution in [0, 0.1) is 0 Å². The molecular weight excluding hydrogens is 390 g/mol. The SMILES string of the molecule is O=C(NCc1ccc2c(c1)OCO2)c1ccc(Cn2cc(Br)cn2)o1. The van der Waals surface area contributed by atoms with E-state index in [1.807, 2.05) is 24.4 Å². The van der Waals surface area contributed by atoms with Crippen LogP contribution in [0.15, 0.2) is 51.6 Å². The van der Waals surface area contributed by atoms with E-state index in [4.69, 9.17) is 13.9 Å². The van der Waals surface area contributed by atoms with Crippen LogP contribution in [0.25, 0.3) is 0 Å². The lowest BCUT2D eigenvalue weighted by molar-refractivity contribution is 0.0921. The Balaban J connectivity index is 1.36. The van der Waals surface area contributed by atoms with Gasteiger partial charge in [-0.2, -0.15) is 5.10 Å². The Morgan fingerprint density at radius 3 is 2.96 bits per heavy atom. The predicted molar refractivity (Wildman–Crippen MR) is 91.5 cm³/mol. The van der Waals surface area contributed by atoms with Gasteiger partial charge in [0.05, 0.1) is 17.2 Å². The van der Waals surface area contributed by atoms with E-state index in [1.54, 1.807) is 23.0 Å². The third-order valence-electron chi connectivity index (χ3n) is 3.70. The largest absolute Gasteiger partial charge is 0.454 e. The van der Waals surface area contributed by atoms with Crippen molar-refractivity contribution in [2.24, 2.45) is 0 Å². The minimum atomic E-state index is -0.273. The molecule has 0 atom stereocenters. The molecule has 0 radical (unpaired) electrons. The van der Waals surface area contributed by atoms with Gasteiger partial charge in [-0.3, -0.25) is 9.48 Å². The molecule has 0 aliphatic carbocycles. The van der Waals surface area contributed by atoms with E-state index in [1.165, 1.54) is 0 Å². The topological polar surface area (TPSA) is 78.5 Å². The number of fused-ring (bicyclic) bond motifs is 1. The van der Waals surface area contributed by atoms with E-state index in [-0.39, 0.29) is 18.5 Å². The first-order valence-electron chi connectivity index (χ1n) is 7.61. The molecule has 2 aromatic heterocycles. The van der Waals surface area contributed by atoms with Crippen LogP contribution in [0.2, 0.25) is 0 Å². The number of nitrogens with one attached hydrogen (secondary N) is 1. The Bertz CT molecular complexity index is 918. The lowest BCUT2D eigenvalue weighted by Crippen LogP contribution is -2.22. The van der Waals surface area contributed by atoms with Gasteiger partial charge >= 0.3 is 0 Å². The Kier molecular flexibility index (Phi) is 4.19. The highest BCUT2D eigenvalue weighted by molar-refractivity contribution is 9.10. The number of hydrogen-bond donors (Lipinski definition) is 1. The number of nitrogens with zero attached hydrogens (tertiary/aromatic N) is 2. The molecule has 0 fully saturated rings. The molecule has 25 heavy (non-hydrogen) atoms. The molecule has 0 saturated heterocycles. The number of halogens is 1. The first kappa shape index (κ1) is 15.8. The van der Waals surface area contributed by atoms with Gasteiger partial charge in [0.2, 0.25) is 6.79 Å². The van der Waals surface area contributed by atoms with Crippen molar-refractivity contribution in [1.82, 2.24) is 15.1 Å². The second-order valence-corrected chi connectivity index (χ2v) is 6.41. The molecule has 4 rings (SSSR count). The molecule has 1 aliphatic rings. The predicted octanol–water partition coefficient (Wildman–Crippen LogP) is 2.95. The van der Waals surface area contributed by atoms with Crippen molar-refractivity contribution in [3.8, 4) is 11.5 Å². The van der Waals surface area contributed by atoms with Crippen LogP contribution in [0.4, 0.5) is 0 Å². The average molecular weight is 404 g/mol. The van der Waals surface area contributed by atoms with E-state index in [0.29, 0.717) is 24.6 Å². The normalized spacial score (nSPS) is 12.4. The average Bonchev–Trinajstić information content (AvgIpc) is 3.33. The highest BCUT2D eigenvalue weighted by Gasteiger charge is 2.15. The van der Waals surface area contributed by atoms with Crippen LogP contribution >= 0.6 is 15.9 Å². The zero-order chi connectivity index (χ0) is 17.2. The molecular formula is C17H14BrN3O4. The third kappa shape index (κ3) is 3.53. The number of rotatable bonds is 5. The van der Waals surface area contributed by atoms with Gasteiger partial charge < -0.3 is 19.2 Å². The van der Waals surface area contributed by atoms with Crippen molar-refractivity contribution in [3.05, 3.63) is 64.3 Å². The summed E-state index contributed by atoms with van der Waals surface area (Å²) in [6.07, 6.45) is 3.53.